The number of hydrogen-bond donors (Lipinski definition) is 1. The summed E-state index contributed by atoms with van der Waals surface area (Å²) in [7, 11) is 1.64. The minimum absolute atomic E-state index is 0.310. The van der Waals surface area contributed by atoms with Crippen molar-refractivity contribution in [2.24, 2.45) is 0 Å². The maximum Gasteiger partial charge on any atom is 0.119 e. The van der Waals surface area contributed by atoms with E-state index in [0.29, 0.717) is 13.2 Å². The van der Waals surface area contributed by atoms with Crippen LogP contribution in [-0.2, 0) is 6.42 Å². The van der Waals surface area contributed by atoms with Crippen LogP contribution in [-0.4, -0.2) is 74.0 Å². The van der Waals surface area contributed by atoms with E-state index in [0.717, 1.165) is 50.6 Å². The van der Waals surface area contributed by atoms with E-state index in [-0.39, 0.29) is 0 Å². The first-order valence-corrected chi connectivity index (χ1v) is 10.0. The molecule has 1 saturated heterocycles. The molecular weight excluding hydrogens is 348 g/mol. The van der Waals surface area contributed by atoms with Gasteiger partial charge in [-0.15, -0.1) is 11.3 Å². The van der Waals surface area contributed by atoms with Crippen molar-refractivity contribution in [2.75, 3.05) is 53.0 Å². The van der Waals surface area contributed by atoms with Gasteiger partial charge in [0.25, 0.3) is 0 Å². The Kier molecular flexibility index (Phi) is 7.32. The van der Waals surface area contributed by atoms with Gasteiger partial charge in [0.2, 0.25) is 0 Å². The van der Waals surface area contributed by atoms with Gasteiger partial charge in [0, 0.05) is 44.1 Å². The van der Waals surface area contributed by atoms with Crippen LogP contribution in [0.3, 0.4) is 0 Å². The maximum atomic E-state index is 10.3. The average molecular weight is 377 g/mol. The van der Waals surface area contributed by atoms with Gasteiger partial charge in [0.15, 0.2) is 0 Å². The average Bonchev–Trinajstić information content (AvgIpc) is 3.20. The van der Waals surface area contributed by atoms with Gasteiger partial charge in [0.1, 0.15) is 24.2 Å². The van der Waals surface area contributed by atoms with Crippen LogP contribution in [0, 0.1) is 0 Å². The molecule has 2 heterocycles. The van der Waals surface area contributed by atoms with E-state index >= 15 is 0 Å². The van der Waals surface area contributed by atoms with Crippen molar-refractivity contribution < 1.29 is 14.6 Å². The first-order valence-electron chi connectivity index (χ1n) is 9.15. The number of benzene rings is 1. The van der Waals surface area contributed by atoms with Crippen LogP contribution < -0.4 is 9.47 Å². The highest BCUT2D eigenvalue weighted by atomic mass is 32.1. The summed E-state index contributed by atoms with van der Waals surface area (Å²) in [5, 5.41) is 12.4. The lowest BCUT2D eigenvalue weighted by Gasteiger charge is -2.35. The van der Waals surface area contributed by atoms with E-state index < -0.39 is 6.10 Å². The second-order valence-electron chi connectivity index (χ2n) is 6.61. The molecule has 3 rings (SSSR count). The van der Waals surface area contributed by atoms with Gasteiger partial charge in [-0.2, -0.15) is 0 Å². The number of aliphatic hydroxyl groups is 1. The van der Waals surface area contributed by atoms with Crippen molar-refractivity contribution in [3.63, 3.8) is 0 Å². The molecule has 0 bridgehead atoms. The van der Waals surface area contributed by atoms with Gasteiger partial charge in [-0.3, -0.25) is 4.90 Å². The summed E-state index contributed by atoms with van der Waals surface area (Å²) in [4.78, 5) is 6.29. The summed E-state index contributed by atoms with van der Waals surface area (Å²) in [5.74, 6) is 1.55. The zero-order chi connectivity index (χ0) is 18.2. The molecule has 2 aromatic rings. The van der Waals surface area contributed by atoms with Crippen LogP contribution in [0.2, 0.25) is 0 Å². The maximum absolute atomic E-state index is 10.3. The lowest BCUT2D eigenvalue weighted by molar-refractivity contribution is 0.0463. The first-order chi connectivity index (χ1) is 12.7. The summed E-state index contributed by atoms with van der Waals surface area (Å²) in [6.07, 6.45) is 0.658. The minimum Gasteiger partial charge on any atom is -0.497 e. The van der Waals surface area contributed by atoms with Crippen LogP contribution in [0.4, 0.5) is 0 Å². The summed E-state index contributed by atoms with van der Waals surface area (Å²) in [5.41, 5.74) is 0. The Morgan fingerprint density at radius 1 is 1.04 bits per heavy atom. The van der Waals surface area contributed by atoms with Gasteiger partial charge >= 0.3 is 0 Å². The number of hydrogen-bond acceptors (Lipinski definition) is 6. The lowest BCUT2D eigenvalue weighted by Crippen LogP contribution is -2.49. The van der Waals surface area contributed by atoms with Gasteiger partial charge in [-0.1, -0.05) is 6.07 Å². The van der Waals surface area contributed by atoms with E-state index in [2.05, 4.69) is 27.3 Å². The SMILES string of the molecule is COc1ccc(OCC(O)CN2CCN(CCc3cccs3)CC2)cc1. The summed E-state index contributed by atoms with van der Waals surface area (Å²) in [6, 6.07) is 11.8. The molecule has 1 unspecified atom stereocenters. The van der Waals surface area contributed by atoms with Crippen molar-refractivity contribution in [2.45, 2.75) is 12.5 Å². The predicted molar refractivity (Wildman–Crippen MR) is 105 cm³/mol. The Balaban J connectivity index is 1.31. The highest BCUT2D eigenvalue weighted by molar-refractivity contribution is 7.09. The molecule has 1 N–H and O–H groups in total. The highest BCUT2D eigenvalue weighted by Gasteiger charge is 2.19. The zero-order valence-corrected chi connectivity index (χ0v) is 16.2. The first kappa shape index (κ1) is 19.2. The summed E-state index contributed by atoms with van der Waals surface area (Å²) in [6.45, 7) is 6.24. The molecule has 1 aromatic carbocycles. The third kappa shape index (κ3) is 5.99. The molecule has 0 spiro atoms. The lowest BCUT2D eigenvalue weighted by atomic mass is 10.2. The monoisotopic (exact) mass is 376 g/mol. The van der Waals surface area contributed by atoms with Crippen LogP contribution >= 0.6 is 11.3 Å². The zero-order valence-electron chi connectivity index (χ0n) is 15.3. The van der Waals surface area contributed by atoms with Gasteiger partial charge < -0.3 is 19.5 Å². The van der Waals surface area contributed by atoms with Crippen LogP contribution in [0.5, 0.6) is 11.5 Å². The molecule has 0 radical (unpaired) electrons. The van der Waals surface area contributed by atoms with Crippen LogP contribution in [0.25, 0.3) is 0 Å². The smallest absolute Gasteiger partial charge is 0.119 e. The molecule has 6 heteroatoms. The van der Waals surface area contributed by atoms with Crippen molar-refractivity contribution >= 4 is 11.3 Å². The fourth-order valence-corrected chi connectivity index (χ4v) is 3.83. The van der Waals surface area contributed by atoms with E-state index in [4.69, 9.17) is 9.47 Å². The molecule has 1 atom stereocenters. The standard InChI is InChI=1S/C20H28N2O3S/c1-24-18-4-6-19(7-5-18)25-16-17(23)15-22-12-10-21(11-13-22)9-8-20-3-2-14-26-20/h2-7,14,17,23H,8-13,15-16H2,1H3. The Morgan fingerprint density at radius 2 is 1.73 bits per heavy atom. The van der Waals surface area contributed by atoms with Gasteiger partial charge in [0.05, 0.1) is 7.11 Å². The fourth-order valence-electron chi connectivity index (χ4n) is 3.13. The van der Waals surface area contributed by atoms with Crippen LogP contribution in [0.15, 0.2) is 41.8 Å². The van der Waals surface area contributed by atoms with Crippen molar-refractivity contribution in [3.05, 3.63) is 46.7 Å². The molecule has 0 amide bonds. The topological polar surface area (TPSA) is 45.2 Å². The number of ether oxygens (including phenoxy) is 2. The number of β-amino-alcohol motifs (C(OH)–C–C–N with tert-alkyl or cyclic N) is 1. The molecule has 142 valence electrons. The van der Waals surface area contributed by atoms with Crippen LogP contribution in [0.1, 0.15) is 4.88 Å². The fraction of sp³-hybridized carbons (Fsp3) is 0.500. The molecule has 0 aliphatic carbocycles. The normalized spacial score (nSPS) is 17.2. The third-order valence-electron chi connectivity index (χ3n) is 4.69. The molecule has 0 saturated carbocycles. The van der Waals surface area contributed by atoms with Crippen molar-refractivity contribution in [1.29, 1.82) is 0 Å². The van der Waals surface area contributed by atoms with E-state index in [9.17, 15) is 5.11 Å². The molecule has 1 aliphatic rings. The second-order valence-corrected chi connectivity index (χ2v) is 7.64. The third-order valence-corrected chi connectivity index (χ3v) is 5.63. The Bertz CT molecular complexity index is 625. The largest absolute Gasteiger partial charge is 0.497 e. The molecule has 26 heavy (non-hydrogen) atoms. The number of methoxy groups -OCH3 is 1. The number of thiophene rings is 1. The Labute approximate surface area is 159 Å². The highest BCUT2D eigenvalue weighted by Crippen LogP contribution is 2.17. The van der Waals surface area contributed by atoms with Gasteiger partial charge in [-0.05, 0) is 42.1 Å². The molecule has 1 fully saturated rings. The molecule has 1 aromatic heterocycles. The second kappa shape index (κ2) is 9.92. The molecule has 1 aliphatic heterocycles. The quantitative estimate of drug-likeness (QED) is 0.728. The van der Waals surface area contributed by atoms with E-state index in [1.807, 2.05) is 35.6 Å². The van der Waals surface area contributed by atoms with Gasteiger partial charge in [-0.25, -0.2) is 0 Å². The number of rotatable bonds is 9. The Hall–Kier alpha value is -1.60. The minimum atomic E-state index is -0.477. The van der Waals surface area contributed by atoms with E-state index in [1.165, 1.54) is 4.88 Å². The summed E-state index contributed by atoms with van der Waals surface area (Å²) >= 11 is 1.84. The van der Waals surface area contributed by atoms with E-state index in [1.54, 1.807) is 7.11 Å². The Morgan fingerprint density at radius 3 is 2.38 bits per heavy atom. The predicted octanol–water partition coefficient (Wildman–Crippen LogP) is 2.36. The summed E-state index contributed by atoms with van der Waals surface area (Å²) < 4.78 is 10.8. The number of aliphatic hydroxyl groups excluding tert-OH is 1. The van der Waals surface area contributed by atoms with Crippen molar-refractivity contribution in [1.82, 2.24) is 9.80 Å². The number of piperazine rings is 1. The molecule has 5 nitrogen and oxygen atoms in total. The number of nitrogens with zero attached hydrogens (tertiary/aromatic N) is 2. The molecular formula is C20H28N2O3S. The van der Waals surface area contributed by atoms with Crippen molar-refractivity contribution in [3.8, 4) is 11.5 Å².